The Morgan fingerprint density at radius 3 is 2.94 bits per heavy atom. The highest BCUT2D eigenvalue weighted by Gasteiger charge is 2.16. The largest absolute Gasteiger partial charge is 0.382 e. The summed E-state index contributed by atoms with van der Waals surface area (Å²) in [5.41, 5.74) is 1.47. The van der Waals surface area contributed by atoms with Gasteiger partial charge in [0.15, 0.2) is 0 Å². The molecule has 1 fully saturated rings. The van der Waals surface area contributed by atoms with Crippen molar-refractivity contribution < 1.29 is 0 Å². The Bertz CT molecular complexity index is 388. The van der Waals surface area contributed by atoms with E-state index in [1.54, 1.807) is 12.3 Å². The lowest BCUT2D eigenvalue weighted by molar-refractivity contribution is 0.264. The number of likely N-dealkylation sites (tertiary alicyclic amines) is 1. The first-order chi connectivity index (χ1) is 7.78. The van der Waals surface area contributed by atoms with Crippen LogP contribution < -0.4 is 5.32 Å². The molecule has 0 aliphatic carbocycles. The molecule has 2 heterocycles. The molecule has 0 saturated carbocycles. The number of piperidine rings is 1. The van der Waals surface area contributed by atoms with E-state index >= 15 is 0 Å². The van der Waals surface area contributed by atoms with Crippen LogP contribution in [0.1, 0.15) is 18.5 Å². The van der Waals surface area contributed by atoms with Gasteiger partial charge in [-0.3, -0.25) is 0 Å². The van der Waals surface area contributed by atoms with Gasteiger partial charge in [0.25, 0.3) is 0 Å². The first-order valence-corrected chi connectivity index (χ1v) is 5.59. The summed E-state index contributed by atoms with van der Waals surface area (Å²) < 4.78 is 0. The fourth-order valence-corrected chi connectivity index (χ4v) is 1.97. The molecule has 0 spiro atoms. The maximum Gasteiger partial charge on any atom is 0.142 e. The minimum Gasteiger partial charge on any atom is -0.382 e. The number of pyridine rings is 1. The Kier molecular flexibility index (Phi) is 3.37. The van der Waals surface area contributed by atoms with Gasteiger partial charge >= 0.3 is 0 Å². The van der Waals surface area contributed by atoms with Gasteiger partial charge in [-0.15, -0.1) is 0 Å². The highest BCUT2D eigenvalue weighted by Crippen LogP contribution is 2.15. The minimum absolute atomic E-state index is 0.470. The molecule has 2 rings (SSSR count). The Labute approximate surface area is 95.9 Å². The monoisotopic (exact) mass is 216 g/mol. The molecule has 4 nitrogen and oxygen atoms in total. The number of anilines is 1. The van der Waals surface area contributed by atoms with Crippen molar-refractivity contribution in [1.82, 2.24) is 9.88 Å². The van der Waals surface area contributed by atoms with E-state index in [0.717, 1.165) is 31.6 Å². The molecule has 0 amide bonds. The summed E-state index contributed by atoms with van der Waals surface area (Å²) in [7, 11) is 2.15. The van der Waals surface area contributed by atoms with E-state index in [-0.39, 0.29) is 0 Å². The van der Waals surface area contributed by atoms with Crippen LogP contribution in [0.2, 0.25) is 0 Å². The standard InChI is InChI=1S/C12H16N4/c1-16-6-3-10(4-7-16)15-11-2-5-14-12(8-11)9-13/h2,5,8,10H,3-4,6-7H2,1H3,(H,14,15). The molecule has 0 aromatic carbocycles. The molecule has 1 aromatic rings. The molecule has 16 heavy (non-hydrogen) atoms. The SMILES string of the molecule is CN1CCC(Nc2ccnc(C#N)c2)CC1. The lowest BCUT2D eigenvalue weighted by Crippen LogP contribution is -2.36. The molecule has 0 unspecified atom stereocenters. The predicted octanol–water partition coefficient (Wildman–Crippen LogP) is 1.46. The predicted molar refractivity (Wildman–Crippen MR) is 63.1 cm³/mol. The highest BCUT2D eigenvalue weighted by molar-refractivity contribution is 5.46. The van der Waals surface area contributed by atoms with Crippen LogP contribution in [0.3, 0.4) is 0 Å². The zero-order chi connectivity index (χ0) is 11.4. The van der Waals surface area contributed by atoms with Crippen LogP contribution in [-0.2, 0) is 0 Å². The molecule has 4 heteroatoms. The van der Waals surface area contributed by atoms with E-state index in [2.05, 4.69) is 28.3 Å². The normalized spacial score (nSPS) is 18.0. The van der Waals surface area contributed by atoms with Crippen molar-refractivity contribution in [2.45, 2.75) is 18.9 Å². The van der Waals surface area contributed by atoms with Gasteiger partial charge in [-0.1, -0.05) is 0 Å². The summed E-state index contributed by atoms with van der Waals surface area (Å²) in [6, 6.07) is 6.29. The van der Waals surface area contributed by atoms with E-state index in [1.807, 2.05) is 6.07 Å². The van der Waals surface area contributed by atoms with E-state index in [0.29, 0.717) is 11.7 Å². The summed E-state index contributed by atoms with van der Waals surface area (Å²) in [5.74, 6) is 0. The smallest absolute Gasteiger partial charge is 0.142 e. The van der Waals surface area contributed by atoms with Crippen LogP contribution in [0.5, 0.6) is 0 Å². The fourth-order valence-electron chi connectivity index (χ4n) is 1.97. The zero-order valence-electron chi connectivity index (χ0n) is 9.48. The summed E-state index contributed by atoms with van der Waals surface area (Å²) >= 11 is 0. The number of hydrogen-bond acceptors (Lipinski definition) is 4. The maximum absolute atomic E-state index is 8.76. The number of nitriles is 1. The maximum atomic E-state index is 8.76. The molecule has 1 aliphatic rings. The van der Waals surface area contributed by atoms with Gasteiger partial charge in [0.1, 0.15) is 11.8 Å². The van der Waals surface area contributed by atoms with E-state index < -0.39 is 0 Å². The Hall–Kier alpha value is -1.60. The van der Waals surface area contributed by atoms with Gasteiger partial charge in [0.05, 0.1) is 0 Å². The first kappa shape index (κ1) is 10.9. The second-order valence-corrected chi connectivity index (χ2v) is 4.26. The van der Waals surface area contributed by atoms with Crippen LogP contribution in [0.15, 0.2) is 18.3 Å². The van der Waals surface area contributed by atoms with Crippen molar-refractivity contribution in [2.24, 2.45) is 0 Å². The number of aromatic nitrogens is 1. The van der Waals surface area contributed by atoms with Gasteiger partial charge in [-0.05, 0) is 45.1 Å². The molecule has 1 aliphatic heterocycles. The molecular formula is C12H16N4. The van der Waals surface area contributed by atoms with Crippen molar-refractivity contribution in [3.05, 3.63) is 24.0 Å². The summed E-state index contributed by atoms with van der Waals surface area (Å²) in [6.07, 6.45) is 3.98. The Balaban J connectivity index is 1.96. The Morgan fingerprint density at radius 2 is 2.25 bits per heavy atom. The van der Waals surface area contributed by atoms with Crippen molar-refractivity contribution in [3.8, 4) is 6.07 Å². The molecule has 1 aromatic heterocycles. The van der Waals surface area contributed by atoms with Crippen LogP contribution in [-0.4, -0.2) is 36.1 Å². The third-order valence-corrected chi connectivity index (χ3v) is 2.96. The summed E-state index contributed by atoms with van der Waals surface area (Å²) in [6.45, 7) is 2.27. The molecule has 84 valence electrons. The van der Waals surface area contributed by atoms with Gasteiger partial charge in [0, 0.05) is 17.9 Å². The average Bonchev–Trinajstić information content (AvgIpc) is 2.32. The van der Waals surface area contributed by atoms with Gasteiger partial charge in [-0.2, -0.15) is 5.26 Å². The molecule has 0 radical (unpaired) electrons. The number of nitrogens with one attached hydrogen (secondary N) is 1. The van der Waals surface area contributed by atoms with Crippen LogP contribution in [0.25, 0.3) is 0 Å². The van der Waals surface area contributed by atoms with Crippen molar-refractivity contribution in [3.63, 3.8) is 0 Å². The molecule has 0 atom stereocenters. The third-order valence-electron chi connectivity index (χ3n) is 2.96. The van der Waals surface area contributed by atoms with Crippen LogP contribution >= 0.6 is 0 Å². The summed E-state index contributed by atoms with van der Waals surface area (Å²) in [4.78, 5) is 6.29. The van der Waals surface area contributed by atoms with Gasteiger partial charge in [0.2, 0.25) is 0 Å². The first-order valence-electron chi connectivity index (χ1n) is 5.59. The van der Waals surface area contributed by atoms with Crippen molar-refractivity contribution in [1.29, 1.82) is 5.26 Å². The quantitative estimate of drug-likeness (QED) is 0.813. The second kappa shape index (κ2) is 4.95. The van der Waals surface area contributed by atoms with Crippen molar-refractivity contribution in [2.75, 3.05) is 25.5 Å². The van der Waals surface area contributed by atoms with Crippen LogP contribution in [0.4, 0.5) is 5.69 Å². The molecule has 1 saturated heterocycles. The molecule has 0 bridgehead atoms. The minimum atomic E-state index is 0.470. The zero-order valence-corrected chi connectivity index (χ0v) is 9.48. The van der Waals surface area contributed by atoms with E-state index in [4.69, 9.17) is 5.26 Å². The average molecular weight is 216 g/mol. The fraction of sp³-hybridized carbons (Fsp3) is 0.500. The van der Waals surface area contributed by atoms with E-state index in [1.165, 1.54) is 0 Å². The highest BCUT2D eigenvalue weighted by atomic mass is 15.1. The topological polar surface area (TPSA) is 52.0 Å². The molecule has 1 N–H and O–H groups in total. The number of hydrogen-bond donors (Lipinski definition) is 1. The second-order valence-electron chi connectivity index (χ2n) is 4.26. The van der Waals surface area contributed by atoms with Crippen LogP contribution in [0, 0.1) is 11.3 Å². The van der Waals surface area contributed by atoms with Crippen molar-refractivity contribution >= 4 is 5.69 Å². The van der Waals surface area contributed by atoms with E-state index in [9.17, 15) is 0 Å². The third kappa shape index (κ3) is 2.71. The molecular weight excluding hydrogens is 200 g/mol. The van der Waals surface area contributed by atoms with Gasteiger partial charge < -0.3 is 10.2 Å². The summed E-state index contributed by atoms with van der Waals surface area (Å²) in [5, 5.41) is 12.2. The van der Waals surface area contributed by atoms with Gasteiger partial charge in [-0.25, -0.2) is 4.98 Å². The lowest BCUT2D eigenvalue weighted by Gasteiger charge is -2.30. The lowest BCUT2D eigenvalue weighted by atomic mass is 10.1. The number of rotatable bonds is 2. The number of nitrogens with zero attached hydrogens (tertiary/aromatic N) is 3. The Morgan fingerprint density at radius 1 is 1.50 bits per heavy atom.